The smallest absolute Gasteiger partial charge is 0.342 e. The van der Waals surface area contributed by atoms with E-state index in [2.05, 4.69) is 15.9 Å². The van der Waals surface area contributed by atoms with Crippen molar-refractivity contribution in [1.29, 1.82) is 0 Å². The van der Waals surface area contributed by atoms with Crippen molar-refractivity contribution in [3.63, 3.8) is 0 Å². The van der Waals surface area contributed by atoms with Crippen LogP contribution in [0.5, 0.6) is 0 Å². The third kappa shape index (κ3) is 3.03. The largest absolute Gasteiger partial charge is 0.411 e. The Morgan fingerprint density at radius 2 is 1.71 bits per heavy atom. The fraction of sp³-hybridized carbons (Fsp3) is 0.364. The molecule has 1 aliphatic rings. The lowest BCUT2D eigenvalue weighted by Crippen LogP contribution is -2.47. The number of ether oxygens (including phenoxy) is 2. The lowest BCUT2D eigenvalue weighted by atomic mass is 9.98. The van der Waals surface area contributed by atoms with Crippen LogP contribution in [0.1, 0.15) is 20.8 Å². The minimum atomic E-state index is -1.99. The molecule has 0 aromatic rings. The molecule has 0 fully saturated rings. The standard InChI is InChI=1S/C11H11BrO5/c1-6-4-9(12)5-11(10(6)15,16-7(2)13)17-8(3)14/h4-5H,1-3H3. The minimum absolute atomic E-state index is 0.321. The van der Waals surface area contributed by atoms with Gasteiger partial charge in [0.25, 0.3) is 0 Å². The Hall–Kier alpha value is -1.43. The molecule has 0 bridgehead atoms. The summed E-state index contributed by atoms with van der Waals surface area (Å²) in [6, 6.07) is 0. The number of ketones is 1. The van der Waals surface area contributed by atoms with E-state index in [9.17, 15) is 14.4 Å². The predicted molar refractivity (Wildman–Crippen MR) is 62.0 cm³/mol. The molecule has 0 spiro atoms. The summed E-state index contributed by atoms with van der Waals surface area (Å²) in [7, 11) is 0. The van der Waals surface area contributed by atoms with Gasteiger partial charge in [0.15, 0.2) is 0 Å². The van der Waals surface area contributed by atoms with E-state index in [0.717, 1.165) is 13.8 Å². The van der Waals surface area contributed by atoms with Crippen LogP contribution in [0.15, 0.2) is 22.2 Å². The van der Waals surface area contributed by atoms with Crippen LogP contribution in [0, 0.1) is 0 Å². The third-order valence-electron chi connectivity index (χ3n) is 1.95. The molecule has 0 amide bonds. The second-order valence-corrected chi connectivity index (χ2v) is 4.46. The number of allylic oxidation sites excluding steroid dienone is 2. The van der Waals surface area contributed by atoms with Gasteiger partial charge >= 0.3 is 17.7 Å². The molecule has 0 radical (unpaired) electrons. The maximum absolute atomic E-state index is 12.0. The molecular weight excluding hydrogens is 292 g/mol. The molecule has 1 rings (SSSR count). The molecule has 0 aromatic carbocycles. The fourth-order valence-electron chi connectivity index (χ4n) is 1.44. The quantitative estimate of drug-likeness (QED) is 0.572. The van der Waals surface area contributed by atoms with Gasteiger partial charge in [-0.05, 0) is 13.0 Å². The van der Waals surface area contributed by atoms with Crippen LogP contribution in [0.3, 0.4) is 0 Å². The normalized spacial score (nSPS) is 18.0. The van der Waals surface area contributed by atoms with Crippen molar-refractivity contribution in [2.75, 3.05) is 0 Å². The first-order valence-corrected chi connectivity index (χ1v) is 5.57. The zero-order valence-corrected chi connectivity index (χ0v) is 11.2. The number of carbonyl (C=O) groups excluding carboxylic acids is 3. The summed E-state index contributed by atoms with van der Waals surface area (Å²) in [5.41, 5.74) is 0.321. The highest BCUT2D eigenvalue weighted by molar-refractivity contribution is 9.11. The van der Waals surface area contributed by atoms with Crippen LogP contribution in [0.4, 0.5) is 0 Å². The zero-order valence-electron chi connectivity index (χ0n) is 9.57. The minimum Gasteiger partial charge on any atom is -0.411 e. The molecule has 6 heteroatoms. The highest BCUT2D eigenvalue weighted by Crippen LogP contribution is 2.30. The Labute approximate surface area is 107 Å². The summed E-state index contributed by atoms with van der Waals surface area (Å²) in [6.45, 7) is 3.81. The van der Waals surface area contributed by atoms with Crippen molar-refractivity contribution in [3.05, 3.63) is 22.2 Å². The van der Waals surface area contributed by atoms with E-state index in [1.54, 1.807) is 13.0 Å². The molecule has 0 aliphatic heterocycles. The summed E-state index contributed by atoms with van der Waals surface area (Å²) in [4.78, 5) is 34.0. The van der Waals surface area contributed by atoms with Crippen LogP contribution in [0.25, 0.3) is 0 Å². The first-order valence-electron chi connectivity index (χ1n) is 4.77. The van der Waals surface area contributed by atoms with Gasteiger partial charge < -0.3 is 9.47 Å². The molecule has 17 heavy (non-hydrogen) atoms. The Balaban J connectivity index is 3.22. The highest BCUT2D eigenvalue weighted by atomic mass is 79.9. The van der Waals surface area contributed by atoms with Gasteiger partial charge in [-0.1, -0.05) is 15.9 Å². The average molecular weight is 303 g/mol. The summed E-state index contributed by atoms with van der Waals surface area (Å²) < 4.78 is 10.2. The number of rotatable bonds is 2. The number of hydrogen-bond acceptors (Lipinski definition) is 5. The van der Waals surface area contributed by atoms with Gasteiger partial charge in [0.2, 0.25) is 5.78 Å². The molecule has 92 valence electrons. The molecule has 0 N–H and O–H groups in total. The zero-order chi connectivity index (χ0) is 13.2. The third-order valence-corrected chi connectivity index (χ3v) is 2.41. The average Bonchev–Trinajstić information content (AvgIpc) is 2.11. The maximum atomic E-state index is 12.0. The van der Waals surface area contributed by atoms with Gasteiger partial charge in [0, 0.05) is 30.0 Å². The van der Waals surface area contributed by atoms with Gasteiger partial charge in [-0.3, -0.25) is 14.4 Å². The van der Waals surface area contributed by atoms with E-state index >= 15 is 0 Å². The van der Waals surface area contributed by atoms with Crippen molar-refractivity contribution >= 4 is 33.7 Å². The van der Waals surface area contributed by atoms with E-state index in [1.807, 2.05) is 0 Å². The van der Waals surface area contributed by atoms with Crippen LogP contribution in [-0.4, -0.2) is 23.5 Å². The molecular formula is C11H11BrO5. The SMILES string of the molecule is CC(=O)OC1(OC(C)=O)C=C(Br)C=C(C)C1=O. The molecule has 0 saturated carbocycles. The number of halogens is 1. The van der Waals surface area contributed by atoms with Crippen molar-refractivity contribution in [2.45, 2.75) is 26.6 Å². The fourth-order valence-corrected chi connectivity index (χ4v) is 2.08. The Kier molecular flexibility index (Phi) is 3.87. The topological polar surface area (TPSA) is 69.7 Å². The van der Waals surface area contributed by atoms with Crippen LogP contribution in [-0.2, 0) is 23.9 Å². The van der Waals surface area contributed by atoms with Crippen molar-refractivity contribution in [3.8, 4) is 0 Å². The monoisotopic (exact) mass is 302 g/mol. The summed E-state index contributed by atoms with van der Waals surface area (Å²) in [5, 5.41) is 0. The van der Waals surface area contributed by atoms with E-state index in [0.29, 0.717) is 10.1 Å². The molecule has 0 atom stereocenters. The molecule has 0 saturated heterocycles. The van der Waals surface area contributed by atoms with Crippen molar-refractivity contribution in [1.82, 2.24) is 0 Å². The molecule has 0 aromatic heterocycles. The van der Waals surface area contributed by atoms with Crippen molar-refractivity contribution in [2.24, 2.45) is 0 Å². The summed E-state index contributed by atoms with van der Waals surface area (Å²) >= 11 is 3.16. The Bertz CT molecular complexity index is 431. The Morgan fingerprint density at radius 1 is 1.24 bits per heavy atom. The first kappa shape index (κ1) is 13.6. The van der Waals surface area contributed by atoms with Gasteiger partial charge in [0.1, 0.15) is 0 Å². The number of Topliss-reactive ketones (excluding diaryl/α,β-unsaturated/α-hetero) is 1. The summed E-state index contributed by atoms with van der Waals surface area (Å²) in [5.74, 6) is -4.00. The number of hydrogen-bond donors (Lipinski definition) is 0. The van der Waals surface area contributed by atoms with Crippen LogP contribution in [0.2, 0.25) is 0 Å². The van der Waals surface area contributed by atoms with Crippen LogP contribution < -0.4 is 0 Å². The molecule has 0 unspecified atom stereocenters. The first-order chi connectivity index (χ1) is 7.77. The lowest BCUT2D eigenvalue weighted by Gasteiger charge is -2.30. The van der Waals surface area contributed by atoms with Gasteiger partial charge in [-0.25, -0.2) is 0 Å². The van der Waals surface area contributed by atoms with Gasteiger partial charge in [0.05, 0.1) is 0 Å². The molecule has 0 heterocycles. The van der Waals surface area contributed by atoms with Crippen LogP contribution >= 0.6 is 15.9 Å². The van der Waals surface area contributed by atoms with Gasteiger partial charge in [-0.15, -0.1) is 0 Å². The van der Waals surface area contributed by atoms with E-state index < -0.39 is 23.5 Å². The molecule has 1 aliphatic carbocycles. The van der Waals surface area contributed by atoms with E-state index in [-0.39, 0.29) is 0 Å². The Morgan fingerprint density at radius 3 is 2.12 bits per heavy atom. The van der Waals surface area contributed by atoms with Gasteiger partial charge in [-0.2, -0.15) is 0 Å². The number of carbonyl (C=O) groups is 3. The van der Waals surface area contributed by atoms with Crippen molar-refractivity contribution < 1.29 is 23.9 Å². The second-order valence-electron chi connectivity index (χ2n) is 3.54. The highest BCUT2D eigenvalue weighted by Gasteiger charge is 2.46. The van der Waals surface area contributed by atoms with E-state index in [1.165, 1.54) is 6.08 Å². The summed E-state index contributed by atoms with van der Waals surface area (Å²) in [6.07, 6.45) is 2.79. The second kappa shape index (κ2) is 4.83. The predicted octanol–water partition coefficient (Wildman–Crippen LogP) is 1.62. The maximum Gasteiger partial charge on any atom is 0.342 e. The van der Waals surface area contributed by atoms with E-state index in [4.69, 9.17) is 9.47 Å². The number of esters is 2. The molecule has 5 nitrogen and oxygen atoms in total. The lowest BCUT2D eigenvalue weighted by molar-refractivity contribution is -0.208.